The molecule has 0 unspecified atom stereocenters. The molecule has 0 bridgehead atoms. The molecule has 0 aliphatic carbocycles. The van der Waals surface area contributed by atoms with Crippen LogP contribution in [0.3, 0.4) is 0 Å². The van der Waals surface area contributed by atoms with Gasteiger partial charge < -0.3 is 8.47 Å². The van der Waals surface area contributed by atoms with Crippen LogP contribution in [0, 0.1) is 0 Å². The van der Waals surface area contributed by atoms with E-state index < -0.39 is 8.40 Å². The summed E-state index contributed by atoms with van der Waals surface area (Å²) < 4.78 is 5.02. The van der Waals surface area contributed by atoms with E-state index in [2.05, 4.69) is 58.5 Å². The van der Waals surface area contributed by atoms with Gasteiger partial charge in [0.05, 0.1) is 0 Å². The van der Waals surface area contributed by atoms with Crippen molar-refractivity contribution in [1.29, 1.82) is 0 Å². The Morgan fingerprint density at radius 1 is 0.810 bits per heavy atom. The van der Waals surface area contributed by atoms with Gasteiger partial charge in [0.2, 0.25) is 0 Å². The van der Waals surface area contributed by atoms with Crippen molar-refractivity contribution in [2.75, 3.05) is 0 Å². The zero-order chi connectivity index (χ0) is 15.3. The van der Waals surface area contributed by atoms with Gasteiger partial charge in [-0.2, -0.15) is 0 Å². The molecule has 4 nitrogen and oxygen atoms in total. The van der Waals surface area contributed by atoms with Crippen LogP contribution in [0.25, 0.3) is 0 Å². The quantitative estimate of drug-likeness (QED) is 0.694. The lowest BCUT2D eigenvalue weighted by Crippen LogP contribution is -2.51. The lowest BCUT2D eigenvalue weighted by atomic mass is 10.3. The van der Waals surface area contributed by atoms with Crippen molar-refractivity contribution in [1.82, 2.24) is 18.4 Å². The molecule has 0 saturated carbocycles. The summed E-state index contributed by atoms with van der Waals surface area (Å²) in [5, 5.41) is 0. The molecule has 0 N–H and O–H groups in total. The van der Waals surface area contributed by atoms with Gasteiger partial charge in [-0.3, -0.25) is 0 Å². The van der Waals surface area contributed by atoms with Crippen LogP contribution in [0.5, 0.6) is 0 Å². The summed E-state index contributed by atoms with van der Waals surface area (Å²) in [4.78, 5) is 9.23. The first-order valence-corrected chi connectivity index (χ1v) is 10.6. The van der Waals surface area contributed by atoms with Gasteiger partial charge >= 0.3 is 0 Å². The summed E-state index contributed by atoms with van der Waals surface area (Å²) in [6.45, 7) is 9.09. The van der Waals surface area contributed by atoms with E-state index in [0.29, 0.717) is 0 Å². The molecule has 0 aliphatic heterocycles. The van der Waals surface area contributed by atoms with E-state index in [1.165, 1.54) is 23.7 Å². The van der Waals surface area contributed by atoms with E-state index >= 15 is 0 Å². The van der Waals surface area contributed by atoms with Crippen LogP contribution in [0.2, 0.25) is 12.1 Å². The molecule has 21 heavy (non-hydrogen) atoms. The molecule has 2 rings (SSSR count). The van der Waals surface area contributed by atoms with Crippen molar-refractivity contribution in [2.45, 2.75) is 65.5 Å². The minimum atomic E-state index is -1.85. The fourth-order valence-corrected chi connectivity index (χ4v) is 7.37. The van der Waals surface area contributed by atoms with Crippen molar-refractivity contribution >= 4 is 8.40 Å². The summed E-state index contributed by atoms with van der Waals surface area (Å²) in [5.41, 5.74) is 0. The third-order valence-corrected chi connectivity index (χ3v) is 9.28. The zero-order valence-corrected chi connectivity index (χ0v) is 14.8. The average molecular weight is 305 g/mol. The van der Waals surface area contributed by atoms with Gasteiger partial charge in [-0.15, -0.1) is 0 Å². The molecular weight excluding hydrogens is 276 g/mol. The van der Waals surface area contributed by atoms with Gasteiger partial charge in [0.25, 0.3) is 8.40 Å². The average Bonchev–Trinajstić information content (AvgIpc) is 3.13. The second kappa shape index (κ2) is 7.07. The van der Waals surface area contributed by atoms with Crippen molar-refractivity contribution in [3.05, 3.63) is 36.4 Å². The molecule has 2 heterocycles. The van der Waals surface area contributed by atoms with Gasteiger partial charge in [-0.1, -0.05) is 27.7 Å². The van der Waals surface area contributed by atoms with Crippen LogP contribution < -0.4 is 0 Å². The van der Waals surface area contributed by atoms with Crippen molar-refractivity contribution in [3.63, 3.8) is 0 Å². The van der Waals surface area contributed by atoms with Crippen molar-refractivity contribution in [2.24, 2.45) is 0 Å². The number of nitrogens with zero attached hydrogens (tertiary/aromatic N) is 4. The van der Waals surface area contributed by atoms with Gasteiger partial charge in [0.15, 0.2) is 0 Å². The second-order valence-corrected chi connectivity index (χ2v) is 9.96. The summed E-state index contributed by atoms with van der Waals surface area (Å²) in [7, 11) is -1.85. The highest BCUT2D eigenvalue weighted by Gasteiger charge is 2.37. The second-order valence-electron chi connectivity index (χ2n) is 5.62. The predicted octanol–water partition coefficient (Wildman–Crippen LogP) is 3.86. The van der Waals surface area contributed by atoms with E-state index in [1.807, 2.05) is 12.4 Å². The number of imidazole rings is 2. The molecule has 116 valence electrons. The Kier molecular flexibility index (Phi) is 5.39. The van der Waals surface area contributed by atoms with Crippen LogP contribution >= 0.6 is 0 Å². The monoisotopic (exact) mass is 304 g/mol. The van der Waals surface area contributed by atoms with Crippen LogP contribution in [0.1, 0.15) is 52.2 Å². The van der Waals surface area contributed by atoms with E-state index in [9.17, 15) is 0 Å². The van der Waals surface area contributed by atoms with E-state index in [-0.39, 0.29) is 0 Å². The first-order valence-electron chi connectivity index (χ1n) is 8.28. The Hall–Kier alpha value is -1.36. The summed E-state index contributed by atoms with van der Waals surface area (Å²) in [6.07, 6.45) is 12.7. The highest BCUT2D eigenvalue weighted by Crippen LogP contribution is 2.24. The standard InChI is InChI=1S/C16H28N4Si/c1-5-9-15-17-11-13-19(15)21(7-3,8-4)20-14-12-18-16(20)10-6-2/h11-14H,5-10H2,1-4H3. The molecule has 0 radical (unpaired) electrons. The Morgan fingerprint density at radius 3 is 1.57 bits per heavy atom. The van der Waals surface area contributed by atoms with Gasteiger partial charge in [0, 0.05) is 37.6 Å². The number of rotatable bonds is 8. The summed E-state index contributed by atoms with van der Waals surface area (Å²) >= 11 is 0. The first kappa shape index (κ1) is 16.0. The Balaban J connectivity index is 2.54. The predicted molar refractivity (Wildman–Crippen MR) is 90.0 cm³/mol. The molecular formula is C16H28N4Si. The first-order chi connectivity index (χ1) is 10.2. The van der Waals surface area contributed by atoms with Crippen LogP contribution in [0.4, 0.5) is 0 Å². The van der Waals surface area contributed by atoms with E-state index in [1.54, 1.807) is 0 Å². The van der Waals surface area contributed by atoms with Crippen LogP contribution in [-0.2, 0) is 12.8 Å². The largest absolute Gasteiger partial charge is 0.343 e. The molecule has 0 atom stereocenters. The van der Waals surface area contributed by atoms with Crippen LogP contribution in [-0.4, -0.2) is 26.8 Å². The van der Waals surface area contributed by atoms with Crippen molar-refractivity contribution in [3.8, 4) is 0 Å². The topological polar surface area (TPSA) is 35.6 Å². The lowest BCUT2D eigenvalue weighted by Gasteiger charge is -2.34. The fraction of sp³-hybridized carbons (Fsp3) is 0.625. The molecule has 0 aromatic carbocycles. The van der Waals surface area contributed by atoms with Gasteiger partial charge in [0.1, 0.15) is 11.6 Å². The molecule has 5 heteroatoms. The van der Waals surface area contributed by atoms with Gasteiger partial charge in [-0.25, -0.2) is 9.97 Å². The van der Waals surface area contributed by atoms with Crippen molar-refractivity contribution < 1.29 is 0 Å². The molecule has 0 fully saturated rings. The van der Waals surface area contributed by atoms with E-state index in [4.69, 9.17) is 0 Å². The lowest BCUT2D eigenvalue weighted by molar-refractivity contribution is 0.769. The number of hydrogen-bond donors (Lipinski definition) is 0. The third kappa shape index (κ3) is 2.84. The summed E-state index contributed by atoms with van der Waals surface area (Å²) in [6, 6.07) is 2.34. The molecule has 0 aliphatic rings. The number of aryl methyl sites for hydroxylation is 2. The molecule has 2 aromatic rings. The summed E-state index contributed by atoms with van der Waals surface area (Å²) in [5.74, 6) is 2.48. The Morgan fingerprint density at radius 2 is 1.24 bits per heavy atom. The Labute approximate surface area is 129 Å². The zero-order valence-electron chi connectivity index (χ0n) is 13.8. The van der Waals surface area contributed by atoms with E-state index in [0.717, 1.165) is 25.7 Å². The maximum absolute atomic E-state index is 4.62. The highest BCUT2D eigenvalue weighted by atomic mass is 28.3. The number of aromatic nitrogens is 4. The highest BCUT2D eigenvalue weighted by molar-refractivity contribution is 6.76. The number of hydrogen-bond acceptors (Lipinski definition) is 2. The minimum Gasteiger partial charge on any atom is -0.343 e. The van der Waals surface area contributed by atoms with Gasteiger partial charge in [-0.05, 0) is 24.9 Å². The molecule has 0 amide bonds. The maximum Gasteiger partial charge on any atom is 0.273 e. The van der Waals surface area contributed by atoms with Crippen LogP contribution in [0.15, 0.2) is 24.8 Å². The minimum absolute atomic E-state index is 1.06. The molecule has 0 spiro atoms. The fourth-order valence-electron chi connectivity index (χ4n) is 3.29. The Bertz CT molecular complexity index is 508. The normalized spacial score (nSPS) is 12.0. The molecule has 0 saturated heterocycles. The smallest absolute Gasteiger partial charge is 0.273 e. The molecule has 2 aromatic heterocycles. The SMILES string of the molecule is CCCc1nccn1[Si](CC)(CC)n1ccnc1CCC. The third-order valence-electron chi connectivity index (χ3n) is 4.41. The maximum atomic E-state index is 4.62.